The van der Waals surface area contributed by atoms with Crippen molar-refractivity contribution in [1.82, 2.24) is 4.98 Å². The number of halogens is 4. The zero-order valence-corrected chi connectivity index (χ0v) is 8.76. The van der Waals surface area contributed by atoms with E-state index < -0.39 is 34.7 Å². The lowest BCUT2D eigenvalue weighted by molar-refractivity contribution is -0.136. The Bertz CT molecular complexity index is 398. The summed E-state index contributed by atoms with van der Waals surface area (Å²) in [6.45, 7) is 0. The molecule has 0 amide bonds. The Labute approximate surface area is 91.1 Å². The third kappa shape index (κ3) is 2.68. The summed E-state index contributed by atoms with van der Waals surface area (Å²) >= 11 is 2.63. The van der Waals surface area contributed by atoms with E-state index in [1.54, 1.807) is 0 Å². The van der Waals surface area contributed by atoms with Crippen LogP contribution in [0.1, 0.15) is 17.7 Å². The fourth-order valence-corrected chi connectivity index (χ4v) is 1.44. The van der Waals surface area contributed by atoms with Gasteiger partial charge in [0.05, 0.1) is 22.2 Å². The van der Waals surface area contributed by atoms with Crippen LogP contribution in [-0.2, 0) is 11.2 Å². The van der Waals surface area contributed by atoms with E-state index in [4.69, 9.17) is 5.11 Å². The average molecular weight is 284 g/mol. The number of carboxylic acid groups (broad SMARTS) is 1. The molecule has 0 atom stereocenters. The molecule has 0 fully saturated rings. The second kappa shape index (κ2) is 4.61. The maximum atomic E-state index is 13.3. The van der Waals surface area contributed by atoms with Crippen molar-refractivity contribution in [3.05, 3.63) is 27.7 Å². The summed E-state index contributed by atoms with van der Waals surface area (Å²) < 4.78 is 37.3. The van der Waals surface area contributed by atoms with E-state index in [0.717, 1.165) is 6.20 Å². The van der Waals surface area contributed by atoms with Gasteiger partial charge in [0.15, 0.2) is 5.82 Å². The molecular weight excluding hydrogens is 279 g/mol. The molecular formula is C8H5BrF3NO2. The monoisotopic (exact) mass is 283 g/mol. The van der Waals surface area contributed by atoms with Gasteiger partial charge in [-0.1, -0.05) is 0 Å². The third-order valence-electron chi connectivity index (χ3n) is 1.61. The molecule has 7 heteroatoms. The minimum Gasteiger partial charge on any atom is -0.481 e. The number of aromatic nitrogens is 1. The smallest absolute Gasteiger partial charge is 0.309 e. The summed E-state index contributed by atoms with van der Waals surface area (Å²) in [5.41, 5.74) is -0.972. The van der Waals surface area contributed by atoms with Gasteiger partial charge in [0.2, 0.25) is 0 Å². The molecule has 15 heavy (non-hydrogen) atoms. The predicted octanol–water partition coefficient (Wildman–Crippen LogP) is 2.55. The Balaban J connectivity index is 3.15. The van der Waals surface area contributed by atoms with E-state index in [9.17, 15) is 18.0 Å². The number of hydrogen-bond acceptors (Lipinski definition) is 2. The highest BCUT2D eigenvalue weighted by Gasteiger charge is 2.19. The lowest BCUT2D eigenvalue weighted by Gasteiger charge is -2.06. The minimum atomic E-state index is -2.86. The SMILES string of the molecule is O=C(O)Cc1ncc(C(F)F)c(Br)c1F. The molecule has 0 saturated carbocycles. The van der Waals surface area contributed by atoms with Crippen molar-refractivity contribution in [1.29, 1.82) is 0 Å². The Kier molecular flexibility index (Phi) is 3.67. The molecule has 1 aromatic rings. The second-order valence-electron chi connectivity index (χ2n) is 2.66. The van der Waals surface area contributed by atoms with Crippen molar-refractivity contribution < 1.29 is 23.1 Å². The molecule has 0 unspecified atom stereocenters. The van der Waals surface area contributed by atoms with E-state index in [-0.39, 0.29) is 5.69 Å². The maximum Gasteiger partial charge on any atom is 0.309 e. The quantitative estimate of drug-likeness (QED) is 0.928. The maximum absolute atomic E-state index is 13.3. The van der Waals surface area contributed by atoms with Gasteiger partial charge in [0, 0.05) is 6.20 Å². The summed E-state index contributed by atoms with van der Waals surface area (Å²) in [5.74, 6) is -2.34. The zero-order valence-electron chi connectivity index (χ0n) is 7.18. The van der Waals surface area contributed by atoms with Crippen LogP contribution in [0, 0.1) is 5.82 Å². The highest BCUT2D eigenvalue weighted by atomic mass is 79.9. The van der Waals surface area contributed by atoms with Crippen molar-refractivity contribution in [3.63, 3.8) is 0 Å². The standard InChI is InChI=1S/C8H5BrF3NO2/c9-6-3(8(11)12)2-13-4(7(6)10)1-5(14)15/h2,8H,1H2,(H,14,15). The van der Waals surface area contributed by atoms with Crippen molar-refractivity contribution in [2.75, 3.05) is 0 Å². The van der Waals surface area contributed by atoms with Gasteiger partial charge in [-0.05, 0) is 15.9 Å². The minimum absolute atomic E-state index is 0.376. The number of alkyl halides is 2. The van der Waals surface area contributed by atoms with Crippen molar-refractivity contribution >= 4 is 21.9 Å². The van der Waals surface area contributed by atoms with Gasteiger partial charge in [-0.15, -0.1) is 0 Å². The van der Waals surface area contributed by atoms with Crippen LogP contribution < -0.4 is 0 Å². The fraction of sp³-hybridized carbons (Fsp3) is 0.250. The first-order valence-corrected chi connectivity index (χ1v) is 4.55. The van der Waals surface area contributed by atoms with Gasteiger partial charge < -0.3 is 5.11 Å². The van der Waals surface area contributed by atoms with Gasteiger partial charge in [-0.2, -0.15) is 0 Å². The van der Waals surface area contributed by atoms with Crippen LogP contribution in [0.25, 0.3) is 0 Å². The predicted molar refractivity (Wildman–Crippen MR) is 48.2 cm³/mol. The summed E-state index contributed by atoms with van der Waals surface area (Å²) in [4.78, 5) is 13.6. The van der Waals surface area contributed by atoms with Gasteiger partial charge in [0.25, 0.3) is 6.43 Å². The van der Waals surface area contributed by atoms with Crippen LogP contribution in [0.5, 0.6) is 0 Å². The van der Waals surface area contributed by atoms with Crippen molar-refractivity contribution in [2.24, 2.45) is 0 Å². The molecule has 0 aliphatic rings. The van der Waals surface area contributed by atoms with Crippen LogP contribution in [0.2, 0.25) is 0 Å². The van der Waals surface area contributed by atoms with Crippen LogP contribution >= 0.6 is 15.9 Å². The van der Waals surface area contributed by atoms with Crippen molar-refractivity contribution in [2.45, 2.75) is 12.8 Å². The number of carbonyl (C=O) groups is 1. The topological polar surface area (TPSA) is 50.2 Å². The zero-order chi connectivity index (χ0) is 11.6. The van der Waals surface area contributed by atoms with Crippen LogP contribution in [-0.4, -0.2) is 16.1 Å². The Morgan fingerprint density at radius 1 is 1.60 bits per heavy atom. The van der Waals surface area contributed by atoms with Gasteiger partial charge in [-0.3, -0.25) is 9.78 Å². The van der Waals surface area contributed by atoms with Crippen LogP contribution in [0.4, 0.5) is 13.2 Å². The van der Waals surface area contributed by atoms with E-state index in [1.807, 2.05) is 0 Å². The first-order chi connectivity index (χ1) is 6.93. The molecule has 1 heterocycles. The number of rotatable bonds is 3. The van der Waals surface area contributed by atoms with E-state index in [0.29, 0.717) is 0 Å². The second-order valence-corrected chi connectivity index (χ2v) is 3.45. The molecule has 1 aromatic heterocycles. The molecule has 1 rings (SSSR count). The van der Waals surface area contributed by atoms with Crippen LogP contribution in [0.3, 0.4) is 0 Å². The van der Waals surface area contributed by atoms with Gasteiger partial charge in [0.1, 0.15) is 0 Å². The number of aliphatic carboxylic acids is 1. The number of pyridine rings is 1. The molecule has 0 bridgehead atoms. The largest absolute Gasteiger partial charge is 0.481 e. The summed E-state index contributed by atoms with van der Waals surface area (Å²) in [7, 11) is 0. The average Bonchev–Trinajstić information content (AvgIpc) is 2.12. The first-order valence-electron chi connectivity index (χ1n) is 3.76. The van der Waals surface area contributed by atoms with Crippen LogP contribution in [0.15, 0.2) is 10.7 Å². The number of nitrogens with zero attached hydrogens (tertiary/aromatic N) is 1. The summed E-state index contributed by atoms with van der Waals surface area (Å²) in [5, 5.41) is 8.39. The Morgan fingerprint density at radius 3 is 2.67 bits per heavy atom. The summed E-state index contributed by atoms with van der Waals surface area (Å²) in [6, 6.07) is 0. The third-order valence-corrected chi connectivity index (χ3v) is 2.42. The molecule has 0 radical (unpaired) electrons. The number of carboxylic acids is 1. The number of hydrogen-bond donors (Lipinski definition) is 1. The first kappa shape index (κ1) is 12.0. The molecule has 0 spiro atoms. The molecule has 0 aliphatic carbocycles. The molecule has 0 aromatic carbocycles. The molecule has 1 N–H and O–H groups in total. The summed E-state index contributed by atoms with van der Waals surface area (Å²) in [6.07, 6.45) is -2.75. The Morgan fingerprint density at radius 2 is 2.20 bits per heavy atom. The molecule has 0 aliphatic heterocycles. The highest BCUT2D eigenvalue weighted by molar-refractivity contribution is 9.10. The lowest BCUT2D eigenvalue weighted by atomic mass is 10.2. The highest BCUT2D eigenvalue weighted by Crippen LogP contribution is 2.29. The van der Waals surface area contributed by atoms with Crippen molar-refractivity contribution in [3.8, 4) is 0 Å². The fourth-order valence-electron chi connectivity index (χ4n) is 0.933. The lowest BCUT2D eigenvalue weighted by Crippen LogP contribution is -2.07. The van der Waals surface area contributed by atoms with Gasteiger partial charge in [-0.25, -0.2) is 13.2 Å². The molecule has 82 valence electrons. The Hall–Kier alpha value is -1.11. The van der Waals surface area contributed by atoms with Gasteiger partial charge >= 0.3 is 5.97 Å². The van der Waals surface area contributed by atoms with E-state index >= 15 is 0 Å². The molecule has 3 nitrogen and oxygen atoms in total. The van der Waals surface area contributed by atoms with E-state index in [2.05, 4.69) is 20.9 Å². The van der Waals surface area contributed by atoms with E-state index in [1.165, 1.54) is 0 Å². The normalized spacial score (nSPS) is 10.7. The molecule has 0 saturated heterocycles.